The van der Waals surface area contributed by atoms with Crippen LogP contribution < -0.4 is 0 Å². The molecule has 0 aliphatic heterocycles. The van der Waals surface area contributed by atoms with E-state index < -0.39 is 0 Å². The minimum atomic E-state index is 1.21. The molecule has 1 aromatic carbocycles. The normalized spacial score (nSPS) is 14.2. The van der Waals surface area contributed by atoms with Gasteiger partial charge in [0.05, 0.1) is 0 Å². The van der Waals surface area contributed by atoms with Crippen LogP contribution in [0.25, 0.3) is 6.08 Å². The van der Waals surface area contributed by atoms with E-state index in [1.54, 1.807) is 3.33 Å². The molecule has 0 N–H and O–H groups in total. The van der Waals surface area contributed by atoms with E-state index in [1.165, 1.54) is 53.0 Å². The molecule has 1 aliphatic carbocycles. The van der Waals surface area contributed by atoms with E-state index in [1.807, 2.05) is 0 Å². The molecule has 1 aromatic rings. The zero-order chi connectivity index (χ0) is 8.72. The van der Waals surface area contributed by atoms with Crippen molar-refractivity contribution in [1.82, 2.24) is 0 Å². The van der Waals surface area contributed by atoms with Crippen LogP contribution in [-0.2, 0) is 30.8 Å². The van der Waals surface area contributed by atoms with Crippen LogP contribution in [0.15, 0.2) is 15.5 Å². The van der Waals surface area contributed by atoms with Crippen molar-refractivity contribution in [2.45, 2.75) is 20.3 Å². The van der Waals surface area contributed by atoms with Gasteiger partial charge in [-0.2, -0.15) is 0 Å². The molecule has 0 nitrogen and oxygen atoms in total. The second kappa shape index (κ2) is 2.95. The third-order valence-electron chi connectivity index (χ3n) is 2.47. The molecule has 12 heavy (non-hydrogen) atoms. The van der Waals surface area contributed by atoms with Gasteiger partial charge in [-0.15, -0.1) is 0 Å². The third-order valence-corrected chi connectivity index (χ3v) is 3.62. The summed E-state index contributed by atoms with van der Waals surface area (Å²) in [6.07, 6.45) is 3.57. The SMILES string of the molecule is Cc1cc2c(cc1C)C[C]([Hf])=C2. The van der Waals surface area contributed by atoms with Crippen molar-refractivity contribution < 1.29 is 24.4 Å². The van der Waals surface area contributed by atoms with Gasteiger partial charge in [-0.05, 0) is 0 Å². The van der Waals surface area contributed by atoms with E-state index in [0.717, 1.165) is 0 Å². The zero-order valence-corrected chi connectivity index (χ0v) is 11.0. The first-order chi connectivity index (χ1) is 5.66. The molecule has 0 aromatic heterocycles. The number of hydrogen-bond acceptors (Lipinski definition) is 0. The average molecular weight is 322 g/mol. The Bertz CT molecular complexity index is 362. The van der Waals surface area contributed by atoms with Gasteiger partial charge in [-0.25, -0.2) is 0 Å². The molecule has 0 spiro atoms. The van der Waals surface area contributed by atoms with Crippen molar-refractivity contribution in [3.8, 4) is 0 Å². The van der Waals surface area contributed by atoms with Crippen LogP contribution in [0.2, 0.25) is 0 Å². The molecule has 2 rings (SSSR count). The van der Waals surface area contributed by atoms with E-state index in [4.69, 9.17) is 0 Å². The van der Waals surface area contributed by atoms with Crippen LogP contribution in [0.1, 0.15) is 22.3 Å². The van der Waals surface area contributed by atoms with E-state index in [9.17, 15) is 0 Å². The van der Waals surface area contributed by atoms with Crippen molar-refractivity contribution >= 4 is 6.08 Å². The van der Waals surface area contributed by atoms with Crippen LogP contribution in [0.3, 0.4) is 0 Å². The fourth-order valence-corrected chi connectivity index (χ4v) is 2.87. The molecule has 59 valence electrons. The number of allylic oxidation sites excluding steroid dienone is 1. The molecule has 0 radical (unpaired) electrons. The van der Waals surface area contributed by atoms with Crippen LogP contribution in [0.4, 0.5) is 0 Å². The molecular weight excluding hydrogens is 311 g/mol. The molecule has 0 atom stereocenters. The van der Waals surface area contributed by atoms with Crippen LogP contribution in [0, 0.1) is 13.8 Å². The van der Waals surface area contributed by atoms with Gasteiger partial charge in [0, 0.05) is 0 Å². The van der Waals surface area contributed by atoms with Crippen LogP contribution in [0.5, 0.6) is 0 Å². The third kappa shape index (κ3) is 1.35. The van der Waals surface area contributed by atoms with Gasteiger partial charge in [0.1, 0.15) is 0 Å². The molecule has 0 amide bonds. The molecule has 0 saturated heterocycles. The summed E-state index contributed by atoms with van der Waals surface area (Å²) in [6.45, 7) is 4.38. The molecule has 0 saturated carbocycles. The van der Waals surface area contributed by atoms with Gasteiger partial charge in [-0.1, -0.05) is 0 Å². The first kappa shape index (κ1) is 8.43. The molecule has 1 heteroatoms. The quantitative estimate of drug-likeness (QED) is 0.645. The predicted molar refractivity (Wildman–Crippen MR) is 47.6 cm³/mol. The fraction of sp³-hybridized carbons (Fsp3) is 0.273. The first-order valence-electron chi connectivity index (χ1n) is 4.19. The Morgan fingerprint density at radius 3 is 2.58 bits per heavy atom. The summed E-state index contributed by atoms with van der Waals surface area (Å²) in [6, 6.07) is 4.65. The second-order valence-electron chi connectivity index (χ2n) is 3.48. The molecule has 0 unspecified atom stereocenters. The molecule has 1 aliphatic rings. The maximum absolute atomic E-state index is 2.36. The van der Waals surface area contributed by atoms with Gasteiger partial charge in [-0.3, -0.25) is 0 Å². The average Bonchev–Trinajstić information content (AvgIpc) is 2.30. The number of hydrogen-bond donors (Lipinski definition) is 0. The Labute approximate surface area is 88.3 Å². The van der Waals surface area contributed by atoms with E-state index in [0.29, 0.717) is 0 Å². The summed E-state index contributed by atoms with van der Waals surface area (Å²) >= 11 is 1.21. The summed E-state index contributed by atoms with van der Waals surface area (Å²) in [4.78, 5) is 0. The Kier molecular flexibility index (Phi) is 2.07. The van der Waals surface area contributed by atoms with Crippen molar-refractivity contribution in [2.75, 3.05) is 0 Å². The number of benzene rings is 1. The topological polar surface area (TPSA) is 0 Å². The molecular formula is C11H11Hf. The standard InChI is InChI=1S/C11H11.Hf/c1-8-6-10-4-3-5-11(10)7-9(8)2;/h4,6-7H,5H2,1-2H3;. The summed E-state index contributed by atoms with van der Waals surface area (Å²) in [5, 5.41) is 0. The monoisotopic (exact) mass is 323 g/mol. The molecule has 0 fully saturated rings. The summed E-state index contributed by atoms with van der Waals surface area (Å²) in [5.74, 6) is 0. The van der Waals surface area contributed by atoms with Gasteiger partial charge in [0.2, 0.25) is 0 Å². The summed E-state index contributed by atoms with van der Waals surface area (Å²) < 4.78 is 1.62. The van der Waals surface area contributed by atoms with Crippen LogP contribution >= 0.6 is 0 Å². The Balaban J connectivity index is 2.57. The molecule has 0 bridgehead atoms. The summed E-state index contributed by atoms with van der Waals surface area (Å²) in [7, 11) is 0. The van der Waals surface area contributed by atoms with Crippen molar-refractivity contribution in [1.29, 1.82) is 0 Å². The second-order valence-corrected chi connectivity index (χ2v) is 5.79. The fourth-order valence-electron chi connectivity index (χ4n) is 1.63. The molecule has 0 heterocycles. The zero-order valence-electron chi connectivity index (χ0n) is 7.44. The van der Waals surface area contributed by atoms with E-state index in [2.05, 4.69) is 32.1 Å². The Hall–Kier alpha value is -0.170. The van der Waals surface area contributed by atoms with Crippen LogP contribution in [-0.4, -0.2) is 0 Å². The van der Waals surface area contributed by atoms with Gasteiger partial charge in [0.25, 0.3) is 0 Å². The number of fused-ring (bicyclic) bond motifs is 1. The van der Waals surface area contributed by atoms with Gasteiger partial charge < -0.3 is 0 Å². The minimum absolute atomic E-state index is 1.21. The Morgan fingerprint density at radius 2 is 1.83 bits per heavy atom. The van der Waals surface area contributed by atoms with Crippen molar-refractivity contribution in [3.05, 3.63) is 37.7 Å². The number of rotatable bonds is 0. The Morgan fingerprint density at radius 1 is 1.17 bits per heavy atom. The van der Waals surface area contributed by atoms with Gasteiger partial charge in [0.15, 0.2) is 0 Å². The predicted octanol–water partition coefficient (Wildman–Crippen LogP) is 2.75. The van der Waals surface area contributed by atoms with E-state index in [-0.39, 0.29) is 0 Å². The summed E-state index contributed by atoms with van der Waals surface area (Å²) in [5.41, 5.74) is 5.84. The number of aryl methyl sites for hydroxylation is 2. The van der Waals surface area contributed by atoms with E-state index >= 15 is 0 Å². The maximum atomic E-state index is 2.36. The van der Waals surface area contributed by atoms with Gasteiger partial charge >= 0.3 is 88.4 Å². The van der Waals surface area contributed by atoms with Crippen molar-refractivity contribution in [3.63, 3.8) is 0 Å². The first-order valence-corrected chi connectivity index (χ1v) is 5.99. The van der Waals surface area contributed by atoms with Crippen molar-refractivity contribution in [2.24, 2.45) is 0 Å².